The molecule has 0 spiro atoms. The van der Waals surface area contributed by atoms with E-state index in [1.165, 1.54) is 47.0 Å². The van der Waals surface area contributed by atoms with Gasteiger partial charge in [0.25, 0.3) is 11.2 Å². The third-order valence-electron chi connectivity index (χ3n) is 3.97. The number of ether oxygens (including phenoxy) is 1. The van der Waals surface area contributed by atoms with Crippen LogP contribution in [-0.4, -0.2) is 22.6 Å². The lowest BCUT2D eigenvalue weighted by molar-refractivity contribution is -0.383. The molecule has 3 rings (SSSR count). The second-order valence-corrected chi connectivity index (χ2v) is 5.53. The number of nitro groups is 1. The third kappa shape index (κ3) is 3.04. The Kier molecular flexibility index (Phi) is 4.49. The molecule has 3 aromatic rings. The smallest absolute Gasteiger partial charge is 0.343 e. The van der Waals surface area contributed by atoms with Gasteiger partial charge in [0, 0.05) is 6.07 Å². The number of carbonyl (C=O) groups excluding carboxylic acids is 1. The predicted octanol–water partition coefficient (Wildman–Crippen LogP) is 2.88. The fourth-order valence-electron chi connectivity index (χ4n) is 2.73. The first-order valence-corrected chi connectivity index (χ1v) is 7.56. The monoisotopic (exact) mass is 356 g/mol. The van der Waals surface area contributed by atoms with Crippen molar-refractivity contribution in [1.82, 2.24) is 4.57 Å². The third-order valence-corrected chi connectivity index (χ3v) is 3.97. The van der Waals surface area contributed by atoms with E-state index >= 15 is 0 Å². The molecule has 7 nitrogen and oxygen atoms in total. The van der Waals surface area contributed by atoms with E-state index in [0.29, 0.717) is 11.1 Å². The molecule has 0 bridgehead atoms. The number of nitro benzene ring substituents is 1. The summed E-state index contributed by atoms with van der Waals surface area (Å²) < 4.78 is 19.0. The number of fused-ring (bicyclic) bond motifs is 1. The molecule has 0 amide bonds. The van der Waals surface area contributed by atoms with Gasteiger partial charge in [-0.15, -0.1) is 0 Å². The van der Waals surface area contributed by atoms with Crippen molar-refractivity contribution in [1.29, 1.82) is 0 Å². The fraction of sp³-hybridized carbons (Fsp3) is 0.111. The largest absolute Gasteiger partial charge is 0.465 e. The molecular formula is C18H13FN2O5. The van der Waals surface area contributed by atoms with E-state index in [9.17, 15) is 24.1 Å². The van der Waals surface area contributed by atoms with Crippen molar-refractivity contribution in [3.05, 3.63) is 85.9 Å². The van der Waals surface area contributed by atoms with Gasteiger partial charge in [-0.1, -0.05) is 18.2 Å². The van der Waals surface area contributed by atoms with Crippen LogP contribution in [0.25, 0.3) is 10.9 Å². The summed E-state index contributed by atoms with van der Waals surface area (Å²) in [6.45, 7) is 0.0155. The van der Waals surface area contributed by atoms with Crippen molar-refractivity contribution in [2.24, 2.45) is 0 Å². The second-order valence-electron chi connectivity index (χ2n) is 5.53. The van der Waals surface area contributed by atoms with E-state index < -0.39 is 22.3 Å². The van der Waals surface area contributed by atoms with Gasteiger partial charge in [-0.2, -0.15) is 0 Å². The lowest BCUT2D eigenvalue weighted by Gasteiger charge is -2.12. The molecule has 1 heterocycles. The number of methoxy groups -OCH3 is 1. The molecule has 0 unspecified atom stereocenters. The first kappa shape index (κ1) is 17.3. The molecule has 132 valence electrons. The minimum atomic E-state index is -0.886. The van der Waals surface area contributed by atoms with E-state index in [0.717, 1.165) is 7.11 Å². The molecule has 2 aromatic carbocycles. The van der Waals surface area contributed by atoms with Gasteiger partial charge in [-0.05, 0) is 29.8 Å². The molecule has 8 heteroatoms. The number of halogens is 1. The van der Waals surface area contributed by atoms with Crippen molar-refractivity contribution in [2.45, 2.75) is 6.54 Å². The van der Waals surface area contributed by atoms with Crippen molar-refractivity contribution in [2.75, 3.05) is 7.11 Å². The molecule has 0 aliphatic rings. The number of pyridine rings is 1. The Bertz CT molecular complexity index is 1070. The molecule has 0 atom stereocenters. The fourth-order valence-corrected chi connectivity index (χ4v) is 2.73. The van der Waals surface area contributed by atoms with Crippen molar-refractivity contribution >= 4 is 22.6 Å². The van der Waals surface area contributed by atoms with Gasteiger partial charge < -0.3 is 9.30 Å². The Labute approximate surface area is 146 Å². The van der Waals surface area contributed by atoms with Crippen molar-refractivity contribution < 1.29 is 18.8 Å². The maximum atomic E-state index is 13.1. The molecule has 0 aliphatic carbocycles. The van der Waals surface area contributed by atoms with Crippen LogP contribution < -0.4 is 5.56 Å². The number of benzene rings is 2. The number of hydrogen-bond donors (Lipinski definition) is 0. The highest BCUT2D eigenvalue weighted by Crippen LogP contribution is 2.26. The van der Waals surface area contributed by atoms with Gasteiger partial charge in [-0.3, -0.25) is 14.9 Å². The average Bonchev–Trinajstić information content (AvgIpc) is 2.64. The highest BCUT2D eigenvalue weighted by atomic mass is 19.1. The van der Waals surface area contributed by atoms with Crippen LogP contribution in [0, 0.1) is 15.9 Å². The van der Waals surface area contributed by atoms with Crippen LogP contribution in [-0.2, 0) is 11.3 Å². The van der Waals surface area contributed by atoms with Crippen LogP contribution in [0.4, 0.5) is 10.1 Å². The van der Waals surface area contributed by atoms with Gasteiger partial charge in [-0.25, -0.2) is 9.18 Å². The predicted molar refractivity (Wildman–Crippen MR) is 91.7 cm³/mol. The summed E-state index contributed by atoms with van der Waals surface area (Å²) in [5.41, 5.74) is -0.296. The maximum absolute atomic E-state index is 13.1. The minimum Gasteiger partial charge on any atom is -0.465 e. The van der Waals surface area contributed by atoms with E-state index in [4.69, 9.17) is 0 Å². The SMILES string of the molecule is COC(=O)c1cc2c([N+](=O)[O-])cccc2n(Cc2ccc(F)cc2)c1=O. The lowest BCUT2D eigenvalue weighted by atomic mass is 10.1. The van der Waals surface area contributed by atoms with Crippen LogP contribution in [0.1, 0.15) is 15.9 Å². The molecule has 1 aromatic heterocycles. The van der Waals surface area contributed by atoms with Crippen LogP contribution in [0.15, 0.2) is 53.3 Å². The molecule has 0 fully saturated rings. The molecule has 0 radical (unpaired) electrons. The number of rotatable bonds is 4. The zero-order valence-electron chi connectivity index (χ0n) is 13.6. The van der Waals surface area contributed by atoms with Crippen molar-refractivity contribution in [3.8, 4) is 0 Å². The Morgan fingerprint density at radius 1 is 1.23 bits per heavy atom. The average molecular weight is 356 g/mol. The number of nitrogens with zero attached hydrogens (tertiary/aromatic N) is 2. The standard InChI is InChI=1S/C18H13FN2O5/c1-26-18(23)14-9-13-15(3-2-4-16(13)21(24)25)20(17(14)22)10-11-5-7-12(19)8-6-11/h2-9H,10H2,1H3. The summed E-state index contributed by atoms with van der Waals surface area (Å²) in [7, 11) is 1.12. The summed E-state index contributed by atoms with van der Waals surface area (Å²) in [4.78, 5) is 35.4. The summed E-state index contributed by atoms with van der Waals surface area (Å²) in [5, 5.41) is 11.5. The summed E-state index contributed by atoms with van der Waals surface area (Å²) in [5.74, 6) is -1.31. The molecule has 0 saturated carbocycles. The number of carbonyl (C=O) groups is 1. The number of esters is 1. The quantitative estimate of drug-likeness (QED) is 0.407. The summed E-state index contributed by atoms with van der Waals surface area (Å²) in [6, 6.07) is 10.9. The summed E-state index contributed by atoms with van der Waals surface area (Å²) >= 11 is 0. The van der Waals surface area contributed by atoms with Crippen LogP contribution in [0.3, 0.4) is 0 Å². The van der Waals surface area contributed by atoms with Gasteiger partial charge in [0.15, 0.2) is 0 Å². The van der Waals surface area contributed by atoms with Gasteiger partial charge in [0.05, 0.1) is 29.5 Å². The first-order chi connectivity index (χ1) is 12.4. The molecule has 0 N–H and O–H groups in total. The summed E-state index contributed by atoms with van der Waals surface area (Å²) in [6.07, 6.45) is 0. The zero-order chi connectivity index (χ0) is 18.8. The molecular weight excluding hydrogens is 343 g/mol. The Balaban J connectivity index is 2.31. The highest BCUT2D eigenvalue weighted by Gasteiger charge is 2.21. The highest BCUT2D eigenvalue weighted by molar-refractivity contribution is 5.96. The molecule has 0 saturated heterocycles. The van der Waals surface area contributed by atoms with E-state index in [1.807, 2.05) is 0 Å². The van der Waals surface area contributed by atoms with E-state index in [1.54, 1.807) is 6.07 Å². The van der Waals surface area contributed by atoms with Gasteiger partial charge >= 0.3 is 5.97 Å². The Morgan fingerprint density at radius 2 is 1.92 bits per heavy atom. The molecule has 0 aliphatic heterocycles. The zero-order valence-corrected chi connectivity index (χ0v) is 13.6. The van der Waals surface area contributed by atoms with E-state index in [-0.39, 0.29) is 23.2 Å². The van der Waals surface area contributed by atoms with Crippen LogP contribution in [0.2, 0.25) is 0 Å². The van der Waals surface area contributed by atoms with Crippen LogP contribution >= 0.6 is 0 Å². The first-order valence-electron chi connectivity index (χ1n) is 7.56. The topological polar surface area (TPSA) is 91.4 Å². The minimum absolute atomic E-state index is 0.0155. The Hall–Kier alpha value is -3.55. The molecule has 26 heavy (non-hydrogen) atoms. The maximum Gasteiger partial charge on any atom is 0.343 e. The Morgan fingerprint density at radius 3 is 2.54 bits per heavy atom. The number of hydrogen-bond acceptors (Lipinski definition) is 5. The van der Waals surface area contributed by atoms with E-state index in [2.05, 4.69) is 4.74 Å². The second kappa shape index (κ2) is 6.75. The normalized spacial score (nSPS) is 10.7. The van der Waals surface area contributed by atoms with Crippen LogP contribution in [0.5, 0.6) is 0 Å². The number of aromatic nitrogens is 1. The number of non-ortho nitro benzene ring substituents is 1. The van der Waals surface area contributed by atoms with Gasteiger partial charge in [0.2, 0.25) is 0 Å². The van der Waals surface area contributed by atoms with Gasteiger partial charge in [0.1, 0.15) is 11.4 Å². The lowest BCUT2D eigenvalue weighted by Crippen LogP contribution is -2.28. The van der Waals surface area contributed by atoms with Crippen molar-refractivity contribution in [3.63, 3.8) is 0 Å².